The molecule has 0 unspecified atom stereocenters. The van der Waals surface area contributed by atoms with Crippen LogP contribution >= 0.6 is 11.8 Å². The van der Waals surface area contributed by atoms with Gasteiger partial charge in [0.1, 0.15) is 11.6 Å². The van der Waals surface area contributed by atoms with E-state index in [1.54, 1.807) is 0 Å². The van der Waals surface area contributed by atoms with Crippen molar-refractivity contribution in [3.63, 3.8) is 0 Å². The third kappa shape index (κ3) is 3.05. The third-order valence-electron chi connectivity index (χ3n) is 2.28. The lowest BCUT2D eigenvalue weighted by atomic mass is 10.2. The van der Waals surface area contributed by atoms with E-state index in [1.807, 2.05) is 24.3 Å². The van der Waals surface area contributed by atoms with Gasteiger partial charge in [0.25, 0.3) is 0 Å². The van der Waals surface area contributed by atoms with Crippen molar-refractivity contribution < 1.29 is 8.78 Å². The van der Waals surface area contributed by atoms with Crippen LogP contribution in [0.4, 0.5) is 8.78 Å². The molecule has 0 atom stereocenters. The third-order valence-corrected chi connectivity index (χ3v) is 3.34. The lowest BCUT2D eigenvalue weighted by molar-refractivity contribution is 0.565. The molecule has 2 N–H and O–H groups in total. The zero-order chi connectivity index (χ0) is 12.3. The van der Waals surface area contributed by atoms with Crippen LogP contribution < -0.4 is 5.73 Å². The van der Waals surface area contributed by atoms with Gasteiger partial charge < -0.3 is 5.73 Å². The van der Waals surface area contributed by atoms with E-state index in [-0.39, 0.29) is 0 Å². The second-order valence-corrected chi connectivity index (χ2v) is 4.64. The van der Waals surface area contributed by atoms with Crippen LogP contribution in [0.15, 0.2) is 52.3 Å². The molecule has 1 nitrogen and oxygen atoms in total. The molecule has 2 aromatic carbocycles. The summed E-state index contributed by atoms with van der Waals surface area (Å²) in [5, 5.41) is 0. The standard InChI is InChI=1S/C13H11F2NS/c14-10-3-6-13(12(15)7-10)17-11-4-1-9(8-16)2-5-11/h1-7H,8,16H2. The Balaban J connectivity index is 2.19. The fraction of sp³-hybridized carbons (Fsp3) is 0.0769. The molecule has 2 rings (SSSR count). The maximum atomic E-state index is 13.4. The first-order valence-corrected chi connectivity index (χ1v) is 5.92. The first-order valence-electron chi connectivity index (χ1n) is 5.11. The van der Waals surface area contributed by atoms with Gasteiger partial charge in [-0.05, 0) is 29.8 Å². The molecule has 2 aromatic rings. The number of rotatable bonds is 3. The Bertz CT molecular complexity index is 511. The highest BCUT2D eigenvalue weighted by atomic mass is 32.2. The highest BCUT2D eigenvalue weighted by Crippen LogP contribution is 2.30. The smallest absolute Gasteiger partial charge is 0.140 e. The van der Waals surface area contributed by atoms with Crippen LogP contribution in [0.1, 0.15) is 5.56 Å². The average Bonchev–Trinajstić information content (AvgIpc) is 2.34. The van der Waals surface area contributed by atoms with E-state index in [1.165, 1.54) is 23.9 Å². The molecule has 4 heteroatoms. The molecule has 0 spiro atoms. The molecule has 88 valence electrons. The normalized spacial score (nSPS) is 10.5. The van der Waals surface area contributed by atoms with Gasteiger partial charge >= 0.3 is 0 Å². The number of benzene rings is 2. The first kappa shape index (κ1) is 12.1. The Morgan fingerprint density at radius 2 is 1.71 bits per heavy atom. The van der Waals surface area contributed by atoms with Gasteiger partial charge in [0.15, 0.2) is 0 Å². The lowest BCUT2D eigenvalue weighted by Gasteiger charge is -2.04. The largest absolute Gasteiger partial charge is 0.326 e. The minimum Gasteiger partial charge on any atom is -0.326 e. The molecule has 0 fully saturated rings. The Morgan fingerprint density at radius 3 is 2.29 bits per heavy atom. The highest BCUT2D eigenvalue weighted by molar-refractivity contribution is 7.99. The fourth-order valence-corrected chi connectivity index (χ4v) is 2.20. The predicted molar refractivity (Wildman–Crippen MR) is 64.8 cm³/mol. The van der Waals surface area contributed by atoms with Gasteiger partial charge in [-0.1, -0.05) is 23.9 Å². The van der Waals surface area contributed by atoms with E-state index in [0.717, 1.165) is 16.5 Å². The average molecular weight is 251 g/mol. The second-order valence-electron chi connectivity index (χ2n) is 3.52. The van der Waals surface area contributed by atoms with Crippen molar-refractivity contribution in [2.24, 2.45) is 5.73 Å². The Hall–Kier alpha value is -1.39. The summed E-state index contributed by atoms with van der Waals surface area (Å²) in [6, 6.07) is 11.1. The number of halogens is 2. The highest BCUT2D eigenvalue weighted by Gasteiger charge is 2.05. The van der Waals surface area contributed by atoms with Crippen LogP contribution in [0.2, 0.25) is 0 Å². The zero-order valence-corrected chi connectivity index (χ0v) is 9.81. The molecule has 0 aliphatic rings. The lowest BCUT2D eigenvalue weighted by Crippen LogP contribution is -1.94. The Labute approximate surface area is 103 Å². The van der Waals surface area contributed by atoms with Gasteiger partial charge in [-0.25, -0.2) is 8.78 Å². The van der Waals surface area contributed by atoms with Crippen LogP contribution in [0.5, 0.6) is 0 Å². The summed E-state index contributed by atoms with van der Waals surface area (Å²) >= 11 is 1.26. The van der Waals surface area contributed by atoms with Crippen molar-refractivity contribution in [1.29, 1.82) is 0 Å². The van der Waals surface area contributed by atoms with Gasteiger partial charge in [-0.15, -0.1) is 0 Å². The van der Waals surface area contributed by atoms with E-state index >= 15 is 0 Å². The van der Waals surface area contributed by atoms with Gasteiger partial charge in [0, 0.05) is 22.4 Å². The summed E-state index contributed by atoms with van der Waals surface area (Å²) in [6.45, 7) is 0.482. The Morgan fingerprint density at radius 1 is 1.00 bits per heavy atom. The number of hydrogen-bond donors (Lipinski definition) is 1. The minimum absolute atomic E-state index is 0.409. The van der Waals surface area contributed by atoms with Gasteiger partial charge in [0.05, 0.1) is 0 Å². The molecule has 17 heavy (non-hydrogen) atoms. The van der Waals surface area contributed by atoms with Crippen LogP contribution in [-0.2, 0) is 6.54 Å². The summed E-state index contributed by atoms with van der Waals surface area (Å²) in [4.78, 5) is 1.31. The van der Waals surface area contributed by atoms with Gasteiger partial charge in [-0.2, -0.15) is 0 Å². The van der Waals surface area contributed by atoms with Gasteiger partial charge in [-0.3, -0.25) is 0 Å². The van der Waals surface area contributed by atoms with Crippen molar-refractivity contribution in [3.05, 3.63) is 59.7 Å². The van der Waals surface area contributed by atoms with Crippen molar-refractivity contribution in [1.82, 2.24) is 0 Å². The number of nitrogens with two attached hydrogens (primary N) is 1. The molecule has 0 bridgehead atoms. The first-order chi connectivity index (χ1) is 8.19. The SMILES string of the molecule is NCc1ccc(Sc2ccc(F)cc2F)cc1. The minimum atomic E-state index is -0.565. The topological polar surface area (TPSA) is 26.0 Å². The summed E-state index contributed by atoms with van der Waals surface area (Å²) in [7, 11) is 0. The monoisotopic (exact) mass is 251 g/mol. The molecule has 0 aromatic heterocycles. The maximum Gasteiger partial charge on any atom is 0.140 e. The van der Waals surface area contributed by atoms with E-state index in [9.17, 15) is 8.78 Å². The van der Waals surface area contributed by atoms with Crippen LogP contribution in [0.3, 0.4) is 0 Å². The molecule has 0 saturated heterocycles. The molecule has 0 heterocycles. The molecular weight excluding hydrogens is 240 g/mol. The van der Waals surface area contributed by atoms with Crippen molar-refractivity contribution in [3.8, 4) is 0 Å². The van der Waals surface area contributed by atoms with E-state index in [2.05, 4.69) is 0 Å². The Kier molecular flexibility index (Phi) is 3.76. The summed E-state index contributed by atoms with van der Waals surface area (Å²) in [5.41, 5.74) is 6.51. The molecule has 0 aliphatic carbocycles. The zero-order valence-electron chi connectivity index (χ0n) is 8.99. The second kappa shape index (κ2) is 5.29. The van der Waals surface area contributed by atoms with Gasteiger partial charge in [0.2, 0.25) is 0 Å². The maximum absolute atomic E-state index is 13.4. The molecule has 0 aliphatic heterocycles. The van der Waals surface area contributed by atoms with E-state index in [4.69, 9.17) is 5.73 Å². The predicted octanol–water partition coefficient (Wildman–Crippen LogP) is 3.57. The summed E-state index contributed by atoms with van der Waals surface area (Å²) in [5.74, 6) is -1.11. The molecular formula is C13H11F2NS. The van der Waals surface area contributed by atoms with Crippen LogP contribution in [-0.4, -0.2) is 0 Å². The van der Waals surface area contributed by atoms with Crippen LogP contribution in [0, 0.1) is 11.6 Å². The van der Waals surface area contributed by atoms with Crippen molar-refractivity contribution in [2.45, 2.75) is 16.3 Å². The van der Waals surface area contributed by atoms with Crippen molar-refractivity contribution >= 4 is 11.8 Å². The molecule has 0 radical (unpaired) electrons. The van der Waals surface area contributed by atoms with Crippen LogP contribution in [0.25, 0.3) is 0 Å². The quantitative estimate of drug-likeness (QED) is 0.902. The molecule has 0 saturated carbocycles. The summed E-state index contributed by atoms with van der Waals surface area (Å²) < 4.78 is 26.1. The fourth-order valence-electron chi connectivity index (χ4n) is 1.38. The van der Waals surface area contributed by atoms with Crippen molar-refractivity contribution in [2.75, 3.05) is 0 Å². The van der Waals surface area contributed by atoms with E-state index in [0.29, 0.717) is 11.4 Å². The number of hydrogen-bond acceptors (Lipinski definition) is 2. The summed E-state index contributed by atoms with van der Waals surface area (Å²) in [6.07, 6.45) is 0. The molecule has 0 amide bonds. The van der Waals surface area contributed by atoms with E-state index < -0.39 is 11.6 Å².